The van der Waals surface area contributed by atoms with E-state index >= 15 is 0 Å². The van der Waals surface area contributed by atoms with Gasteiger partial charge >= 0.3 is 0 Å². The molecule has 0 bridgehead atoms. The third-order valence-corrected chi connectivity index (χ3v) is 12.1. The number of imidazole rings is 1. The van der Waals surface area contributed by atoms with Crippen molar-refractivity contribution in [2.24, 2.45) is 0 Å². The molecule has 0 aliphatic carbocycles. The van der Waals surface area contributed by atoms with Crippen LogP contribution in [0.4, 0.5) is 0 Å². The monoisotopic (exact) mass is 344 g/mol. The van der Waals surface area contributed by atoms with E-state index in [2.05, 4.69) is 81.6 Å². The minimum atomic E-state index is -1.74. The lowest BCUT2D eigenvalue weighted by molar-refractivity contribution is 0.720. The normalized spacial score (nSPS) is 17.8. The quantitative estimate of drug-likeness (QED) is 0.324. The van der Waals surface area contributed by atoms with Gasteiger partial charge in [0.05, 0.1) is 11.2 Å². The highest BCUT2D eigenvalue weighted by molar-refractivity contribution is 6.92. The van der Waals surface area contributed by atoms with Gasteiger partial charge in [-0.25, -0.2) is 4.98 Å². The molecule has 0 amide bonds. The van der Waals surface area contributed by atoms with Gasteiger partial charge in [0.25, 0.3) is 0 Å². The summed E-state index contributed by atoms with van der Waals surface area (Å²) in [5, 5.41) is 5.68. The number of hydrogen-bond acceptors (Lipinski definition) is 1. The molecule has 0 unspecified atom stereocenters. The van der Waals surface area contributed by atoms with Crippen molar-refractivity contribution in [2.45, 2.75) is 45.8 Å². The molecule has 0 fully saturated rings. The van der Waals surface area contributed by atoms with Crippen LogP contribution in [0.3, 0.4) is 0 Å². The van der Waals surface area contributed by atoms with Gasteiger partial charge in [-0.05, 0) is 35.4 Å². The lowest BCUT2D eigenvalue weighted by Gasteiger charge is -2.44. The fourth-order valence-electron chi connectivity index (χ4n) is 4.96. The highest BCUT2D eigenvalue weighted by Gasteiger charge is 2.49. The Morgan fingerprint density at radius 2 is 1.64 bits per heavy atom. The number of aromatic nitrogens is 2. The zero-order valence-electron chi connectivity index (χ0n) is 15.9. The molecule has 0 spiro atoms. The van der Waals surface area contributed by atoms with Crippen molar-refractivity contribution in [2.75, 3.05) is 0 Å². The summed E-state index contributed by atoms with van der Waals surface area (Å²) >= 11 is 0. The Morgan fingerprint density at radius 3 is 2.36 bits per heavy atom. The molecule has 2 nitrogen and oxygen atoms in total. The van der Waals surface area contributed by atoms with Gasteiger partial charge in [0, 0.05) is 16.1 Å². The number of rotatable bonds is 0. The molecule has 0 atom stereocenters. The first-order valence-corrected chi connectivity index (χ1v) is 12.1. The summed E-state index contributed by atoms with van der Waals surface area (Å²) in [5.41, 5.74) is 6.59. The van der Waals surface area contributed by atoms with Crippen LogP contribution in [0.5, 0.6) is 0 Å². The van der Waals surface area contributed by atoms with E-state index in [0.717, 1.165) is 5.65 Å². The van der Waals surface area contributed by atoms with Crippen LogP contribution in [0.2, 0.25) is 13.1 Å². The number of fused-ring (bicyclic) bond motifs is 3. The smallest absolute Gasteiger partial charge is 0.145 e. The van der Waals surface area contributed by atoms with E-state index in [-0.39, 0.29) is 5.04 Å². The Bertz CT molecular complexity index is 1210. The number of nitrogens with zero attached hydrogens (tertiary/aromatic N) is 2. The Morgan fingerprint density at radius 1 is 0.960 bits per heavy atom. The molecule has 4 aromatic rings. The zero-order chi connectivity index (χ0) is 17.7. The predicted octanol–water partition coefficient (Wildman–Crippen LogP) is 5.00. The third kappa shape index (κ3) is 1.54. The van der Waals surface area contributed by atoms with Crippen LogP contribution in [-0.2, 0) is 5.04 Å². The van der Waals surface area contributed by atoms with Crippen molar-refractivity contribution in [1.29, 1.82) is 0 Å². The van der Waals surface area contributed by atoms with E-state index in [1.165, 1.54) is 43.8 Å². The first-order valence-electron chi connectivity index (χ1n) is 9.11. The highest BCUT2D eigenvalue weighted by Crippen LogP contribution is 2.44. The summed E-state index contributed by atoms with van der Waals surface area (Å²) in [6.07, 6.45) is 0. The van der Waals surface area contributed by atoms with Crippen LogP contribution >= 0.6 is 0 Å². The minimum Gasteiger partial charge on any atom is -0.300 e. The zero-order valence-corrected chi connectivity index (χ0v) is 16.9. The Balaban J connectivity index is 2.26. The molecule has 25 heavy (non-hydrogen) atoms. The first kappa shape index (κ1) is 15.1. The first-order chi connectivity index (χ1) is 11.8. The summed E-state index contributed by atoms with van der Waals surface area (Å²) < 4.78 is 2.52. The number of aryl methyl sites for hydroxylation is 2. The van der Waals surface area contributed by atoms with Gasteiger partial charge in [-0.3, -0.25) is 4.40 Å². The van der Waals surface area contributed by atoms with Crippen molar-refractivity contribution in [3.63, 3.8) is 0 Å². The minimum absolute atomic E-state index is 0.176. The second kappa shape index (κ2) is 4.33. The number of pyridine rings is 1. The van der Waals surface area contributed by atoms with Crippen LogP contribution < -0.4 is 5.32 Å². The Kier molecular flexibility index (Phi) is 2.63. The average Bonchev–Trinajstić information content (AvgIpc) is 2.91. The molecular weight excluding hydrogens is 320 g/mol. The van der Waals surface area contributed by atoms with E-state index in [4.69, 9.17) is 4.98 Å². The lowest BCUT2D eigenvalue weighted by atomic mass is 9.93. The second-order valence-electron chi connectivity index (χ2n) is 8.65. The summed E-state index contributed by atoms with van der Waals surface area (Å²) in [7, 11) is -1.74. The molecular formula is C22H24N2Si. The molecule has 3 heterocycles. The fourth-order valence-corrected chi connectivity index (χ4v) is 8.16. The molecule has 126 valence electrons. The van der Waals surface area contributed by atoms with E-state index in [1.54, 1.807) is 0 Å². The van der Waals surface area contributed by atoms with Crippen molar-refractivity contribution in [1.82, 2.24) is 9.38 Å². The van der Waals surface area contributed by atoms with E-state index < -0.39 is 8.07 Å². The van der Waals surface area contributed by atoms with Crippen LogP contribution in [0.25, 0.3) is 27.3 Å². The van der Waals surface area contributed by atoms with Gasteiger partial charge in [0.1, 0.15) is 13.7 Å². The maximum atomic E-state index is 5.08. The molecule has 0 saturated heterocycles. The largest absolute Gasteiger partial charge is 0.300 e. The summed E-state index contributed by atoms with van der Waals surface area (Å²) in [6, 6.07) is 13.5. The Labute approximate surface area is 149 Å². The van der Waals surface area contributed by atoms with Crippen molar-refractivity contribution in [3.05, 3.63) is 53.2 Å². The number of benzene rings is 2. The van der Waals surface area contributed by atoms with Gasteiger partial charge in [-0.1, -0.05) is 63.3 Å². The van der Waals surface area contributed by atoms with Gasteiger partial charge in [0.15, 0.2) is 0 Å². The van der Waals surface area contributed by atoms with E-state index in [9.17, 15) is 0 Å². The molecule has 3 heteroatoms. The van der Waals surface area contributed by atoms with Gasteiger partial charge in [-0.2, -0.15) is 0 Å². The van der Waals surface area contributed by atoms with Gasteiger partial charge in [-0.15, -0.1) is 0 Å². The Hall–Kier alpha value is -2.13. The van der Waals surface area contributed by atoms with Crippen LogP contribution in [0.1, 0.15) is 30.7 Å². The molecule has 2 aromatic carbocycles. The molecule has 0 radical (unpaired) electrons. The standard InChI is InChI=1S/C22H24N2Si/c1-13-11-12-17-19-18(13)15-9-7-8-10-16(15)20-23-14(2)21(24(19)20)25(5,6)22(17,3)4/h7-12H,1-6H3. The van der Waals surface area contributed by atoms with Crippen molar-refractivity contribution < 1.29 is 0 Å². The SMILES string of the molecule is Cc1nc2c3ccccc3c3c(C)ccc4c3n2c1[Si](C)(C)C4(C)C. The van der Waals surface area contributed by atoms with Crippen LogP contribution in [0, 0.1) is 13.8 Å². The highest BCUT2D eigenvalue weighted by atomic mass is 28.3. The lowest BCUT2D eigenvalue weighted by Crippen LogP contribution is -2.61. The van der Waals surface area contributed by atoms with Crippen LogP contribution in [0.15, 0.2) is 36.4 Å². The second-order valence-corrected chi connectivity index (χ2v) is 13.6. The molecule has 0 N–H and O–H groups in total. The van der Waals surface area contributed by atoms with Gasteiger partial charge < -0.3 is 0 Å². The third-order valence-electron chi connectivity index (χ3n) is 6.93. The van der Waals surface area contributed by atoms with E-state index in [0.29, 0.717) is 0 Å². The molecule has 2 aromatic heterocycles. The average molecular weight is 345 g/mol. The van der Waals surface area contributed by atoms with Crippen molar-refractivity contribution >= 4 is 40.7 Å². The predicted molar refractivity (Wildman–Crippen MR) is 110 cm³/mol. The molecule has 5 rings (SSSR count). The van der Waals surface area contributed by atoms with Crippen LogP contribution in [-0.4, -0.2) is 17.5 Å². The molecule has 1 aliphatic rings. The topological polar surface area (TPSA) is 17.3 Å². The summed E-state index contributed by atoms with van der Waals surface area (Å²) in [6.45, 7) is 14.3. The summed E-state index contributed by atoms with van der Waals surface area (Å²) in [5.74, 6) is 0. The fraction of sp³-hybridized carbons (Fsp3) is 0.318. The molecule has 0 saturated carbocycles. The number of hydrogen-bond donors (Lipinski definition) is 0. The summed E-state index contributed by atoms with van der Waals surface area (Å²) in [4.78, 5) is 5.08. The molecule has 1 aliphatic heterocycles. The van der Waals surface area contributed by atoms with Crippen molar-refractivity contribution in [3.8, 4) is 0 Å². The maximum absolute atomic E-state index is 5.08. The maximum Gasteiger partial charge on any atom is 0.145 e. The van der Waals surface area contributed by atoms with E-state index in [1.807, 2.05) is 0 Å². The van der Waals surface area contributed by atoms with Gasteiger partial charge in [0.2, 0.25) is 0 Å².